The van der Waals surface area contributed by atoms with Crippen LogP contribution in [0.3, 0.4) is 0 Å². The summed E-state index contributed by atoms with van der Waals surface area (Å²) in [4.78, 5) is 33.6. The first-order chi connectivity index (χ1) is 37.0. The Morgan fingerprint density at radius 1 is 0.545 bits per heavy atom. The molecular formula is C44H40N2O25S6. The molecule has 0 unspecified atom stereocenters. The lowest BCUT2D eigenvalue weighted by Gasteiger charge is -2.26. The van der Waals surface area contributed by atoms with Crippen LogP contribution in [0.4, 0.5) is 0 Å². The molecule has 0 aromatic heterocycles. The van der Waals surface area contributed by atoms with Gasteiger partial charge >= 0.3 is 11.9 Å². The number of carbonyl (C=O) groups is 2. The number of aliphatic carboxylic acids is 1. The Balaban J connectivity index is 0.000000207. The van der Waals surface area contributed by atoms with E-state index >= 15 is 0 Å². The molecule has 8 aromatic rings. The average Bonchev–Trinajstić information content (AvgIpc) is 3.57. The van der Waals surface area contributed by atoms with Gasteiger partial charge in [-0.3, -0.25) is 18.7 Å². The Morgan fingerprint density at radius 2 is 0.922 bits per heavy atom. The molecule has 9 N–H and O–H groups in total. The summed E-state index contributed by atoms with van der Waals surface area (Å²) < 4.78 is 99.0. The van der Waals surface area contributed by atoms with Gasteiger partial charge in [-0.05, 0) is 83.6 Å². The highest BCUT2D eigenvalue weighted by atomic mass is 32.2. The van der Waals surface area contributed by atoms with E-state index in [9.17, 15) is 35.5 Å². The number of benzene rings is 8. The maximum atomic E-state index is 12.3. The van der Waals surface area contributed by atoms with Crippen LogP contribution in [0.25, 0.3) is 64.6 Å². The summed E-state index contributed by atoms with van der Waals surface area (Å²) in [6.07, 6.45) is 2.52. The van der Waals surface area contributed by atoms with Crippen molar-refractivity contribution in [3.05, 3.63) is 72.8 Å². The number of carboxylic acids is 1. The Labute approximate surface area is 450 Å². The van der Waals surface area contributed by atoms with E-state index in [1.165, 1.54) is 31.3 Å². The lowest BCUT2D eigenvalue weighted by Crippen LogP contribution is -2.35. The second kappa shape index (κ2) is 25.9. The number of hydrogen-bond acceptors (Lipinski definition) is 28. The maximum absolute atomic E-state index is 12.3. The standard InChI is InChI=1S/C25H25NO13S3.C19H15NO12S3/c27-25(28)13-1-3-14(4-2-13)26-35-10-9-34-19-11-20(40-38-36-29)16-6-7-17-21(41-39-37-30)12-22(42(31,32)33)18-8-5-15(19)23(16)24(17)18;1-20-28-17(21)8-27-13-6-14(33-31-29-22)10-3-4-11-15(34-32-30-23)7-16(35(24,25)26)12-5-2-9(13)18(10)19(11)12/h5-8,11-14,26,29-30H,1-4,9-10H2,(H,27,28)(H,31,32,33);2-7,20,22-23H,8H2,1H3,(H,24,25,26). The first kappa shape index (κ1) is 58.2. The molecule has 27 nitrogen and oxygen atoms in total. The first-order valence-electron chi connectivity index (χ1n) is 21.9. The zero-order valence-electron chi connectivity index (χ0n) is 39.0. The minimum atomic E-state index is -4.69. The van der Waals surface area contributed by atoms with Crippen LogP contribution < -0.4 is 20.4 Å². The van der Waals surface area contributed by atoms with Gasteiger partial charge < -0.3 is 19.4 Å². The van der Waals surface area contributed by atoms with Crippen molar-refractivity contribution >= 4 is 145 Å². The SMILES string of the molecule is CNOC(=O)COc1cc(SOOO)c2ccc3c(SOOO)cc(S(=O)(=O)O)c4ccc1c2c34.O=C(O)C1CCC(NOCCOc2cc(SOOO)c3ccc4c(SOOO)cc(S(=O)(=O)O)c5ccc2c3c45)CC1. The third kappa shape index (κ3) is 13.0. The van der Waals surface area contributed by atoms with E-state index in [-0.39, 0.29) is 56.4 Å². The first-order valence-corrected chi connectivity index (χ1v) is 27.7. The van der Waals surface area contributed by atoms with Gasteiger partial charge in [0.15, 0.2) is 6.61 Å². The number of hydroxylamine groups is 2. The summed E-state index contributed by atoms with van der Waals surface area (Å²) in [5, 5.41) is 64.1. The van der Waals surface area contributed by atoms with Crippen LogP contribution in [-0.2, 0) is 77.0 Å². The van der Waals surface area contributed by atoms with E-state index in [0.29, 0.717) is 143 Å². The summed E-state index contributed by atoms with van der Waals surface area (Å²) in [5.74, 6) is -1.23. The Bertz CT molecular complexity index is 3640. The van der Waals surface area contributed by atoms with Gasteiger partial charge in [0.2, 0.25) is 0 Å². The van der Waals surface area contributed by atoms with Crippen LogP contribution in [0.5, 0.6) is 11.5 Å². The minimum absolute atomic E-state index is 0.0399. The van der Waals surface area contributed by atoms with Crippen LogP contribution in [0.1, 0.15) is 25.7 Å². The highest BCUT2D eigenvalue weighted by Gasteiger charge is 2.28. The van der Waals surface area contributed by atoms with Crippen LogP contribution in [0.2, 0.25) is 0 Å². The summed E-state index contributed by atoms with van der Waals surface area (Å²) in [6, 6.07) is 18.6. The fourth-order valence-electron chi connectivity index (χ4n) is 8.99. The average molecular weight is 1190 g/mol. The van der Waals surface area contributed by atoms with Crippen LogP contribution in [0.15, 0.2) is 102 Å². The largest absolute Gasteiger partial charge is 0.490 e. The van der Waals surface area contributed by atoms with E-state index in [4.69, 9.17) is 44.8 Å². The van der Waals surface area contributed by atoms with Crippen molar-refractivity contribution in [3.8, 4) is 11.5 Å². The zero-order chi connectivity index (χ0) is 55.0. The molecule has 1 aliphatic carbocycles. The molecule has 0 bridgehead atoms. The van der Waals surface area contributed by atoms with Crippen molar-refractivity contribution in [2.24, 2.45) is 5.92 Å². The lowest BCUT2D eigenvalue weighted by atomic mass is 9.86. The number of rotatable bonds is 25. The molecule has 8 aromatic carbocycles. The fourth-order valence-corrected chi connectivity index (χ4v) is 12.7. The minimum Gasteiger partial charge on any atom is -0.490 e. The molecule has 0 amide bonds. The third-order valence-corrected chi connectivity index (χ3v) is 16.4. The second-order valence-corrected chi connectivity index (χ2v) is 21.9. The van der Waals surface area contributed by atoms with Gasteiger partial charge in [0.25, 0.3) is 20.2 Å². The highest BCUT2D eigenvalue weighted by Crippen LogP contribution is 2.49. The highest BCUT2D eigenvalue weighted by molar-refractivity contribution is 7.95. The van der Waals surface area contributed by atoms with E-state index < -0.39 is 43.7 Å². The number of carbonyl (C=O) groups excluding carboxylic acids is 1. The van der Waals surface area contributed by atoms with E-state index in [1.807, 2.05) is 0 Å². The Hall–Kier alpha value is -5.00. The molecule has 0 aliphatic heterocycles. The lowest BCUT2D eigenvalue weighted by molar-refractivity contribution is -0.432. The molecule has 0 spiro atoms. The van der Waals surface area contributed by atoms with Crippen molar-refractivity contribution in [1.82, 2.24) is 11.0 Å². The molecule has 0 atom stereocenters. The molecule has 0 heterocycles. The molecule has 33 heteroatoms. The molecule has 1 fully saturated rings. The maximum Gasteiger partial charge on any atom is 0.362 e. The molecule has 9 rings (SSSR count). The normalized spacial score (nSPS) is 15.3. The molecular weight excluding hydrogens is 1150 g/mol. The van der Waals surface area contributed by atoms with Crippen molar-refractivity contribution < 1.29 is 118 Å². The van der Waals surface area contributed by atoms with Crippen LogP contribution in [0, 0.1) is 5.92 Å². The number of carboxylic acid groups (broad SMARTS) is 1. The summed E-state index contributed by atoms with van der Waals surface area (Å²) in [5.41, 5.74) is 5.21. The van der Waals surface area contributed by atoms with Gasteiger partial charge in [-0.2, -0.15) is 27.8 Å². The van der Waals surface area contributed by atoms with Crippen molar-refractivity contribution in [2.45, 2.75) is 61.1 Å². The van der Waals surface area contributed by atoms with Gasteiger partial charge in [-0.1, -0.05) is 56.6 Å². The van der Waals surface area contributed by atoms with Gasteiger partial charge in [0.1, 0.15) is 34.5 Å². The monoisotopic (exact) mass is 1190 g/mol. The zero-order valence-corrected chi connectivity index (χ0v) is 43.9. The van der Waals surface area contributed by atoms with Crippen molar-refractivity contribution in [1.29, 1.82) is 0 Å². The second-order valence-electron chi connectivity index (χ2n) is 16.2. The predicted octanol–water partition coefficient (Wildman–Crippen LogP) is 8.97. The summed E-state index contributed by atoms with van der Waals surface area (Å²) in [7, 11) is -7.97. The van der Waals surface area contributed by atoms with Crippen molar-refractivity contribution in [2.75, 3.05) is 26.9 Å². The van der Waals surface area contributed by atoms with Gasteiger partial charge in [0, 0.05) is 66.0 Å². The molecule has 412 valence electrons. The number of hydrogen-bond donors (Lipinski definition) is 9. The van der Waals surface area contributed by atoms with Gasteiger partial charge in [-0.25, -0.2) is 25.8 Å². The van der Waals surface area contributed by atoms with Crippen LogP contribution >= 0.6 is 48.2 Å². The predicted molar refractivity (Wildman–Crippen MR) is 271 cm³/mol. The van der Waals surface area contributed by atoms with E-state index in [2.05, 4.69) is 49.0 Å². The molecule has 1 aliphatic rings. The number of nitrogens with one attached hydrogen (secondary N) is 2. The van der Waals surface area contributed by atoms with E-state index in [1.54, 1.807) is 48.5 Å². The van der Waals surface area contributed by atoms with E-state index in [0.717, 1.165) is 0 Å². The fraction of sp³-hybridized carbons (Fsp3) is 0.227. The smallest absolute Gasteiger partial charge is 0.362 e. The Morgan fingerprint density at radius 3 is 1.31 bits per heavy atom. The molecule has 77 heavy (non-hydrogen) atoms. The van der Waals surface area contributed by atoms with Gasteiger partial charge in [0.05, 0.1) is 63.9 Å². The van der Waals surface area contributed by atoms with Crippen LogP contribution in [-0.4, -0.2) is 96.9 Å². The molecule has 0 radical (unpaired) electrons. The summed E-state index contributed by atoms with van der Waals surface area (Å²) in [6.45, 7) is -0.195. The van der Waals surface area contributed by atoms with Gasteiger partial charge in [-0.15, -0.1) is 17.3 Å². The third-order valence-electron chi connectivity index (χ3n) is 12.0. The molecule has 1 saturated carbocycles. The molecule has 0 saturated heterocycles. The van der Waals surface area contributed by atoms with Crippen molar-refractivity contribution in [3.63, 3.8) is 0 Å². The summed E-state index contributed by atoms with van der Waals surface area (Å²) >= 11 is 2.38. The Kier molecular flexibility index (Phi) is 19.5. The number of ether oxygens (including phenoxy) is 2. The topological polar surface area (TPSA) is 379 Å². The quantitative estimate of drug-likeness (QED) is 0.00643.